The molecule has 1 aliphatic rings. The number of hydrogen-bond acceptors (Lipinski definition) is 4. The molecule has 0 atom stereocenters. The van der Waals surface area contributed by atoms with Gasteiger partial charge in [0.15, 0.2) is 0 Å². The van der Waals surface area contributed by atoms with Crippen LogP contribution in [0.1, 0.15) is 89.5 Å². The Kier molecular flexibility index (Phi) is 9.08. The highest BCUT2D eigenvalue weighted by Gasteiger charge is 2.30. The van der Waals surface area contributed by atoms with Gasteiger partial charge in [-0.2, -0.15) is 0 Å². The van der Waals surface area contributed by atoms with Crippen molar-refractivity contribution in [3.05, 3.63) is 83.9 Å². The molecule has 0 aromatic heterocycles. The third-order valence-electron chi connectivity index (χ3n) is 7.20. The van der Waals surface area contributed by atoms with Gasteiger partial charge in [-0.15, -0.1) is 0 Å². The monoisotopic (exact) mass is 518 g/mol. The minimum absolute atomic E-state index is 0.206. The van der Waals surface area contributed by atoms with Crippen molar-refractivity contribution < 1.29 is 19.1 Å². The van der Waals surface area contributed by atoms with Crippen LogP contribution in [0.3, 0.4) is 0 Å². The predicted octanol–water partition coefficient (Wildman–Crippen LogP) is 7.69. The van der Waals surface area contributed by atoms with Crippen molar-refractivity contribution in [2.45, 2.75) is 90.5 Å². The summed E-state index contributed by atoms with van der Waals surface area (Å²) in [5, 5.41) is 5.96. The van der Waals surface area contributed by atoms with E-state index < -0.39 is 23.3 Å². The molecule has 0 spiro atoms. The molecule has 6 heteroatoms. The number of carbonyl (C=O) groups is 2. The lowest BCUT2D eigenvalue weighted by Crippen LogP contribution is -2.44. The predicted molar refractivity (Wildman–Crippen MR) is 154 cm³/mol. The van der Waals surface area contributed by atoms with E-state index in [9.17, 15) is 9.59 Å². The largest absolute Gasteiger partial charge is 0.446 e. The van der Waals surface area contributed by atoms with Crippen LogP contribution in [0, 0.1) is 0 Å². The fourth-order valence-electron chi connectivity index (χ4n) is 4.63. The molecule has 0 bridgehead atoms. The van der Waals surface area contributed by atoms with Crippen LogP contribution >= 0.6 is 0 Å². The summed E-state index contributed by atoms with van der Waals surface area (Å²) in [4.78, 5) is 25.3. The summed E-state index contributed by atoms with van der Waals surface area (Å²) in [6.45, 7) is 19.7. The van der Waals surface area contributed by atoms with E-state index in [1.807, 2.05) is 90.1 Å². The van der Waals surface area contributed by atoms with Crippen LogP contribution in [0.15, 0.2) is 61.7 Å². The van der Waals surface area contributed by atoms with E-state index in [0.29, 0.717) is 25.7 Å². The first-order chi connectivity index (χ1) is 17.8. The molecule has 1 fully saturated rings. The topological polar surface area (TPSA) is 76.7 Å². The summed E-state index contributed by atoms with van der Waals surface area (Å²) < 4.78 is 11.4. The molecular formula is C32H42N2O4. The van der Waals surface area contributed by atoms with Gasteiger partial charge in [0.1, 0.15) is 12.2 Å². The third kappa shape index (κ3) is 7.73. The second-order valence-corrected chi connectivity index (χ2v) is 11.4. The summed E-state index contributed by atoms with van der Waals surface area (Å²) in [5.74, 6) is 0. The second kappa shape index (κ2) is 11.9. The Morgan fingerprint density at radius 1 is 0.658 bits per heavy atom. The Bertz CT molecular complexity index is 1060. The molecule has 0 aliphatic heterocycles. The van der Waals surface area contributed by atoms with Crippen molar-refractivity contribution in [2.75, 3.05) is 0 Å². The van der Waals surface area contributed by atoms with Crippen molar-refractivity contribution in [3.8, 4) is 0 Å². The number of amides is 2. The highest BCUT2D eigenvalue weighted by Crippen LogP contribution is 2.27. The first-order valence-corrected chi connectivity index (χ1v) is 13.3. The van der Waals surface area contributed by atoms with Crippen LogP contribution in [0.5, 0.6) is 0 Å². The van der Waals surface area contributed by atoms with Crippen molar-refractivity contribution in [1.82, 2.24) is 10.6 Å². The van der Waals surface area contributed by atoms with E-state index >= 15 is 0 Å². The molecule has 204 valence electrons. The van der Waals surface area contributed by atoms with Gasteiger partial charge in [0, 0.05) is 0 Å². The lowest BCUT2D eigenvalue weighted by molar-refractivity contribution is 0.0175. The zero-order valence-electron chi connectivity index (χ0n) is 23.6. The van der Waals surface area contributed by atoms with Gasteiger partial charge in [0.05, 0.1) is 11.1 Å². The first kappa shape index (κ1) is 29.0. The van der Waals surface area contributed by atoms with Crippen LogP contribution < -0.4 is 10.6 Å². The van der Waals surface area contributed by atoms with Crippen molar-refractivity contribution in [1.29, 1.82) is 0 Å². The van der Waals surface area contributed by atoms with Crippen LogP contribution in [0.25, 0.3) is 11.1 Å². The normalized spacial score (nSPS) is 17.7. The van der Waals surface area contributed by atoms with Gasteiger partial charge in [0.25, 0.3) is 0 Å². The molecule has 3 rings (SSSR count). The fraction of sp³-hybridized carbons (Fsp3) is 0.438. The molecule has 0 saturated heterocycles. The van der Waals surface area contributed by atoms with E-state index in [0.717, 1.165) is 33.4 Å². The van der Waals surface area contributed by atoms with Gasteiger partial charge >= 0.3 is 12.2 Å². The maximum atomic E-state index is 12.6. The molecule has 2 amide bonds. The summed E-state index contributed by atoms with van der Waals surface area (Å²) >= 11 is 0. The molecule has 1 aliphatic carbocycles. The van der Waals surface area contributed by atoms with E-state index in [-0.39, 0.29) is 12.2 Å². The lowest BCUT2D eigenvalue weighted by Gasteiger charge is -2.32. The molecule has 0 heterocycles. The Morgan fingerprint density at radius 3 is 1.21 bits per heavy atom. The lowest BCUT2D eigenvalue weighted by atomic mass is 9.92. The average Bonchev–Trinajstić information content (AvgIpc) is 2.84. The van der Waals surface area contributed by atoms with Crippen LogP contribution in [-0.4, -0.2) is 24.4 Å². The van der Waals surface area contributed by atoms with Crippen molar-refractivity contribution in [2.24, 2.45) is 0 Å². The molecule has 0 unspecified atom stereocenters. The molecule has 38 heavy (non-hydrogen) atoms. The third-order valence-corrected chi connectivity index (χ3v) is 7.20. The number of rotatable bonds is 8. The summed E-state index contributed by atoms with van der Waals surface area (Å²) in [5.41, 5.74) is 4.93. The first-order valence-electron chi connectivity index (χ1n) is 13.3. The maximum absolute atomic E-state index is 12.6. The van der Waals surface area contributed by atoms with Gasteiger partial charge in [-0.1, -0.05) is 72.8 Å². The quantitative estimate of drug-likeness (QED) is 0.376. The summed E-state index contributed by atoms with van der Waals surface area (Å²) in [6, 6.07) is 16.0. The Hall–Kier alpha value is -3.54. The standard InChI is InChI=1S/C32H42N2O4/c1-21(2)23-9-13-25(14-10-23)31(5,6)33-29(35)37-27-17-19-28(20-18-27)38-30(36)34-32(7,8)26-15-11-24(12-16-26)22(3)4/h9-16,27-28H,1,3,17-20H2,2,4-8H3,(H,33,35)(H,34,36). The Morgan fingerprint density at radius 2 is 0.947 bits per heavy atom. The zero-order valence-corrected chi connectivity index (χ0v) is 23.6. The van der Waals surface area contributed by atoms with E-state index in [2.05, 4.69) is 23.8 Å². The molecule has 1 saturated carbocycles. The highest BCUT2D eigenvalue weighted by molar-refractivity contribution is 5.70. The van der Waals surface area contributed by atoms with Gasteiger partial charge in [-0.3, -0.25) is 0 Å². The van der Waals surface area contributed by atoms with Crippen molar-refractivity contribution in [3.63, 3.8) is 0 Å². The number of alkyl carbamates (subject to hydrolysis) is 2. The number of allylic oxidation sites excluding steroid dienone is 2. The number of carbonyl (C=O) groups excluding carboxylic acids is 2. The maximum Gasteiger partial charge on any atom is 0.408 e. The Balaban J connectivity index is 1.44. The van der Waals surface area contributed by atoms with Gasteiger partial charge < -0.3 is 20.1 Å². The van der Waals surface area contributed by atoms with Gasteiger partial charge in [0.2, 0.25) is 0 Å². The van der Waals surface area contributed by atoms with E-state index in [4.69, 9.17) is 9.47 Å². The fourth-order valence-corrected chi connectivity index (χ4v) is 4.63. The molecule has 6 nitrogen and oxygen atoms in total. The molecule has 2 aromatic rings. The van der Waals surface area contributed by atoms with Gasteiger partial charge in [-0.05, 0) is 89.5 Å². The summed E-state index contributed by atoms with van der Waals surface area (Å²) in [6.07, 6.45) is 1.28. The SMILES string of the molecule is C=C(C)c1ccc(C(C)(C)NC(=O)OC2CCC(OC(=O)NC(C)(C)c3ccc(C(=C)C)cc3)CC2)cc1. The molecule has 2 aromatic carbocycles. The average molecular weight is 519 g/mol. The smallest absolute Gasteiger partial charge is 0.408 e. The molecular weight excluding hydrogens is 476 g/mol. The summed E-state index contributed by atoms with van der Waals surface area (Å²) in [7, 11) is 0. The number of nitrogens with one attached hydrogen (secondary N) is 2. The number of benzene rings is 2. The zero-order chi connectivity index (χ0) is 28.1. The van der Waals surface area contributed by atoms with Crippen molar-refractivity contribution >= 4 is 23.3 Å². The van der Waals surface area contributed by atoms with Crippen LogP contribution in [-0.2, 0) is 20.6 Å². The minimum Gasteiger partial charge on any atom is -0.446 e. The number of ether oxygens (including phenoxy) is 2. The Labute approximate surface area is 227 Å². The minimum atomic E-state index is -0.583. The van der Waals surface area contributed by atoms with E-state index in [1.165, 1.54) is 0 Å². The highest BCUT2D eigenvalue weighted by atomic mass is 16.6. The second-order valence-electron chi connectivity index (χ2n) is 11.4. The molecule has 2 N–H and O–H groups in total. The van der Waals surface area contributed by atoms with Crippen LogP contribution in [0.4, 0.5) is 9.59 Å². The van der Waals surface area contributed by atoms with Crippen LogP contribution in [0.2, 0.25) is 0 Å². The molecule has 0 radical (unpaired) electrons. The van der Waals surface area contributed by atoms with E-state index in [1.54, 1.807) is 0 Å². The number of hydrogen-bond donors (Lipinski definition) is 2. The van der Waals surface area contributed by atoms with Gasteiger partial charge in [-0.25, -0.2) is 9.59 Å².